The van der Waals surface area contributed by atoms with Gasteiger partial charge in [-0.15, -0.1) is 0 Å². The molecule has 120 valence electrons. The molecule has 0 amide bonds. The van der Waals surface area contributed by atoms with Gasteiger partial charge >= 0.3 is 0 Å². The van der Waals surface area contributed by atoms with Crippen molar-refractivity contribution in [1.82, 2.24) is 4.90 Å². The highest BCUT2D eigenvalue weighted by atomic mass is 16.5. The molecule has 2 aliphatic heterocycles. The van der Waals surface area contributed by atoms with E-state index in [2.05, 4.69) is 31.7 Å². The number of nitrogens with zero attached hydrogens (tertiary/aromatic N) is 1. The van der Waals surface area contributed by atoms with Gasteiger partial charge in [-0.2, -0.15) is 0 Å². The number of hydrogen-bond acceptors (Lipinski definition) is 4. The Labute approximate surface area is 132 Å². The zero-order chi connectivity index (χ0) is 16.1. The highest BCUT2D eigenvalue weighted by molar-refractivity contribution is 5.81. The molecule has 0 aromatic heterocycles. The van der Waals surface area contributed by atoms with E-state index in [0.29, 0.717) is 24.7 Å². The van der Waals surface area contributed by atoms with Crippen molar-refractivity contribution < 1.29 is 9.53 Å². The Bertz CT molecular complexity index is 613. The first-order valence-corrected chi connectivity index (χ1v) is 8.10. The molecule has 0 saturated carbocycles. The van der Waals surface area contributed by atoms with E-state index in [0.717, 1.165) is 18.6 Å². The smallest absolute Gasteiger partial charge is 0.137 e. The number of nitrogens with two attached hydrogens (primary N) is 1. The summed E-state index contributed by atoms with van der Waals surface area (Å²) < 4.78 is 5.41. The van der Waals surface area contributed by atoms with E-state index in [1.54, 1.807) is 7.11 Å². The predicted molar refractivity (Wildman–Crippen MR) is 86.9 cm³/mol. The Morgan fingerprint density at radius 1 is 1.36 bits per heavy atom. The number of methoxy groups -OCH3 is 1. The maximum Gasteiger partial charge on any atom is 0.137 e. The molecule has 2 N–H and O–H groups in total. The number of fused-ring (bicyclic) bond motifs is 2. The molecule has 1 aromatic carbocycles. The lowest BCUT2D eigenvalue weighted by atomic mass is 9.90. The minimum Gasteiger partial charge on any atom is -0.496 e. The van der Waals surface area contributed by atoms with E-state index >= 15 is 0 Å². The Morgan fingerprint density at radius 3 is 2.73 bits per heavy atom. The number of ketones is 1. The Morgan fingerprint density at radius 2 is 2.09 bits per heavy atom. The van der Waals surface area contributed by atoms with Gasteiger partial charge in [0.05, 0.1) is 12.8 Å². The Kier molecular flexibility index (Phi) is 3.77. The monoisotopic (exact) mass is 302 g/mol. The van der Waals surface area contributed by atoms with Crippen LogP contribution in [0.3, 0.4) is 0 Å². The molecule has 2 heterocycles. The number of hydrogen-bond donors (Lipinski definition) is 1. The van der Waals surface area contributed by atoms with Crippen LogP contribution in [0.1, 0.15) is 55.3 Å². The van der Waals surface area contributed by atoms with Crippen LogP contribution in [0.2, 0.25) is 0 Å². The van der Waals surface area contributed by atoms with Crippen molar-refractivity contribution >= 4 is 5.78 Å². The van der Waals surface area contributed by atoms with Gasteiger partial charge in [0.15, 0.2) is 0 Å². The third-order valence-corrected chi connectivity index (χ3v) is 5.65. The summed E-state index contributed by atoms with van der Waals surface area (Å²) in [5.74, 6) is 1.24. The van der Waals surface area contributed by atoms with Crippen LogP contribution in [-0.4, -0.2) is 29.5 Å². The first kappa shape index (κ1) is 15.5. The van der Waals surface area contributed by atoms with Gasteiger partial charge in [0.1, 0.15) is 11.5 Å². The first-order chi connectivity index (χ1) is 10.4. The molecular formula is C18H26N2O2. The van der Waals surface area contributed by atoms with E-state index in [1.807, 2.05) is 6.07 Å². The van der Waals surface area contributed by atoms with Gasteiger partial charge in [-0.3, -0.25) is 9.69 Å². The summed E-state index contributed by atoms with van der Waals surface area (Å²) in [7, 11) is 1.70. The average molecular weight is 302 g/mol. The molecule has 2 bridgehead atoms. The number of Topliss-reactive ketones (excluding diaryl/α,β-unsaturated/α-hetero) is 1. The van der Waals surface area contributed by atoms with Gasteiger partial charge in [-0.25, -0.2) is 0 Å². The summed E-state index contributed by atoms with van der Waals surface area (Å²) in [6.45, 7) is 6.45. The van der Waals surface area contributed by atoms with Crippen LogP contribution in [0.5, 0.6) is 5.75 Å². The van der Waals surface area contributed by atoms with Gasteiger partial charge in [0.25, 0.3) is 0 Å². The number of piperidine rings is 1. The highest BCUT2D eigenvalue weighted by Gasteiger charge is 2.51. The van der Waals surface area contributed by atoms with Crippen molar-refractivity contribution in [2.45, 2.75) is 64.2 Å². The minimum atomic E-state index is -0.459. The normalized spacial score (nSPS) is 29.7. The lowest BCUT2D eigenvalue weighted by Crippen LogP contribution is -2.59. The van der Waals surface area contributed by atoms with Gasteiger partial charge < -0.3 is 10.5 Å². The zero-order valence-electron chi connectivity index (χ0n) is 14.0. The van der Waals surface area contributed by atoms with E-state index < -0.39 is 5.66 Å². The van der Waals surface area contributed by atoms with Crippen LogP contribution in [0.4, 0.5) is 0 Å². The second-order valence-corrected chi connectivity index (χ2v) is 6.91. The van der Waals surface area contributed by atoms with Crippen molar-refractivity contribution in [2.24, 2.45) is 5.73 Å². The second-order valence-electron chi connectivity index (χ2n) is 6.91. The van der Waals surface area contributed by atoms with Crippen molar-refractivity contribution in [3.05, 3.63) is 28.8 Å². The van der Waals surface area contributed by atoms with E-state index in [1.165, 1.54) is 16.7 Å². The summed E-state index contributed by atoms with van der Waals surface area (Å²) >= 11 is 0. The number of carbonyl (C=O) groups excluding carboxylic acids is 1. The molecule has 4 nitrogen and oxygen atoms in total. The third-order valence-electron chi connectivity index (χ3n) is 5.65. The fourth-order valence-electron chi connectivity index (χ4n) is 4.45. The van der Waals surface area contributed by atoms with Gasteiger partial charge in [-0.05, 0) is 56.4 Å². The molecule has 1 aromatic rings. The van der Waals surface area contributed by atoms with E-state index in [4.69, 9.17) is 10.5 Å². The molecule has 22 heavy (non-hydrogen) atoms. The van der Waals surface area contributed by atoms with Crippen LogP contribution in [0, 0.1) is 13.8 Å². The quantitative estimate of drug-likeness (QED) is 0.933. The maximum absolute atomic E-state index is 11.9. The fourth-order valence-corrected chi connectivity index (χ4v) is 4.45. The number of ether oxygens (including phenoxy) is 1. The van der Waals surface area contributed by atoms with Crippen molar-refractivity contribution in [2.75, 3.05) is 7.11 Å². The van der Waals surface area contributed by atoms with Crippen molar-refractivity contribution in [3.8, 4) is 5.75 Å². The number of benzene rings is 1. The highest BCUT2D eigenvalue weighted by Crippen LogP contribution is 2.45. The number of carbonyl (C=O) groups is 1. The lowest BCUT2D eigenvalue weighted by Gasteiger charge is -2.45. The Balaban J connectivity index is 1.97. The average Bonchev–Trinajstić information content (AvgIpc) is 2.68. The van der Waals surface area contributed by atoms with Crippen LogP contribution in [0.25, 0.3) is 0 Å². The molecule has 2 aliphatic rings. The summed E-state index contributed by atoms with van der Waals surface area (Å²) in [6.07, 6.45) is 3.09. The van der Waals surface area contributed by atoms with Gasteiger partial charge in [0, 0.05) is 24.9 Å². The lowest BCUT2D eigenvalue weighted by molar-refractivity contribution is -0.128. The maximum atomic E-state index is 11.9. The minimum absolute atomic E-state index is 0.218. The van der Waals surface area contributed by atoms with E-state index in [9.17, 15) is 4.79 Å². The molecular weight excluding hydrogens is 276 g/mol. The Hall–Kier alpha value is -1.39. The third kappa shape index (κ3) is 2.25. The van der Waals surface area contributed by atoms with Gasteiger partial charge in [-0.1, -0.05) is 6.07 Å². The first-order valence-electron chi connectivity index (χ1n) is 8.10. The molecule has 3 unspecified atom stereocenters. The fraction of sp³-hybridized carbons (Fsp3) is 0.611. The molecule has 0 radical (unpaired) electrons. The molecule has 3 atom stereocenters. The molecule has 0 spiro atoms. The summed E-state index contributed by atoms with van der Waals surface area (Å²) in [6, 6.07) is 4.69. The molecule has 2 fully saturated rings. The summed E-state index contributed by atoms with van der Waals surface area (Å²) in [5, 5.41) is 0. The van der Waals surface area contributed by atoms with Crippen LogP contribution in [-0.2, 0) is 4.79 Å². The molecule has 0 aliphatic carbocycles. The largest absolute Gasteiger partial charge is 0.496 e. The summed E-state index contributed by atoms with van der Waals surface area (Å²) in [5.41, 5.74) is 9.86. The SMILES string of the molecule is COc1ccc(C(C)N2C3CCC2(N)CC(=O)C3)c(C)c1C. The molecule has 3 rings (SSSR count). The van der Waals surface area contributed by atoms with Crippen molar-refractivity contribution in [3.63, 3.8) is 0 Å². The van der Waals surface area contributed by atoms with Crippen LogP contribution in [0.15, 0.2) is 12.1 Å². The topological polar surface area (TPSA) is 55.6 Å². The summed E-state index contributed by atoms with van der Waals surface area (Å²) in [4.78, 5) is 14.3. The molecule has 2 saturated heterocycles. The predicted octanol–water partition coefficient (Wildman–Crippen LogP) is 2.86. The van der Waals surface area contributed by atoms with Gasteiger partial charge in [0.2, 0.25) is 0 Å². The second kappa shape index (κ2) is 5.36. The van der Waals surface area contributed by atoms with E-state index in [-0.39, 0.29) is 6.04 Å². The van der Waals surface area contributed by atoms with Crippen molar-refractivity contribution in [1.29, 1.82) is 0 Å². The number of rotatable bonds is 3. The van der Waals surface area contributed by atoms with Crippen LogP contribution >= 0.6 is 0 Å². The molecule has 4 heteroatoms. The van der Waals surface area contributed by atoms with Crippen LogP contribution < -0.4 is 10.5 Å². The zero-order valence-corrected chi connectivity index (χ0v) is 14.0. The standard InChI is InChI=1S/C18H26N2O2/c1-11-12(2)17(22-4)6-5-16(11)13(3)20-14-7-8-18(20,19)10-15(21)9-14/h5-6,13-14H,7-10,19H2,1-4H3.